The molecule has 2 nitrogen and oxygen atoms in total. The van der Waals surface area contributed by atoms with Gasteiger partial charge in [0.25, 0.3) is 0 Å². The van der Waals surface area contributed by atoms with Crippen molar-refractivity contribution in [2.75, 3.05) is 5.32 Å². The van der Waals surface area contributed by atoms with Gasteiger partial charge in [-0.3, -0.25) is 4.79 Å². The molecule has 0 unspecified atom stereocenters. The zero-order valence-electron chi connectivity index (χ0n) is 8.75. The number of fused-ring (bicyclic) bond motifs is 1. The summed E-state index contributed by atoms with van der Waals surface area (Å²) in [6.07, 6.45) is 3.98. The highest BCUT2D eigenvalue weighted by molar-refractivity contribution is 8.01. The normalized spacial score (nSPS) is 21.9. The van der Waals surface area contributed by atoms with Crippen molar-refractivity contribution in [3.63, 3.8) is 0 Å². The highest BCUT2D eigenvalue weighted by atomic mass is 32.2. The molecule has 0 bridgehead atoms. The average molecular weight is 237 g/mol. The molecule has 1 N–H and O–H groups in total. The first-order valence-electron chi connectivity index (χ1n) is 5.50. The van der Waals surface area contributed by atoms with E-state index >= 15 is 0 Å². The zero-order chi connectivity index (χ0) is 11.2. The molecule has 1 spiro atoms. The smallest absolute Gasteiger partial charge is 0.241 e. The molecule has 0 saturated heterocycles. The van der Waals surface area contributed by atoms with Crippen LogP contribution in [0, 0.1) is 5.82 Å². The van der Waals surface area contributed by atoms with E-state index in [9.17, 15) is 9.18 Å². The number of thioether (sulfide) groups is 1. The number of carbonyl (C=O) groups is 1. The van der Waals surface area contributed by atoms with Crippen molar-refractivity contribution in [2.45, 2.75) is 35.3 Å². The number of nitrogens with one attached hydrogen (secondary N) is 1. The Morgan fingerprint density at radius 1 is 1.31 bits per heavy atom. The molecule has 1 aliphatic heterocycles. The fourth-order valence-electron chi connectivity index (χ4n) is 2.47. The first-order chi connectivity index (χ1) is 7.71. The molecule has 1 saturated carbocycles. The Labute approximate surface area is 97.6 Å². The van der Waals surface area contributed by atoms with E-state index in [4.69, 9.17) is 0 Å². The summed E-state index contributed by atoms with van der Waals surface area (Å²) in [5, 5.41) is 2.73. The van der Waals surface area contributed by atoms with E-state index < -0.39 is 0 Å². The maximum atomic E-state index is 13.5. The summed E-state index contributed by atoms with van der Waals surface area (Å²) < 4.78 is 13.2. The van der Waals surface area contributed by atoms with Crippen LogP contribution >= 0.6 is 11.8 Å². The van der Waals surface area contributed by atoms with Crippen molar-refractivity contribution in [1.82, 2.24) is 0 Å². The van der Waals surface area contributed by atoms with Crippen LogP contribution in [0.25, 0.3) is 0 Å². The lowest BCUT2D eigenvalue weighted by Crippen LogP contribution is -2.40. The van der Waals surface area contributed by atoms with Gasteiger partial charge < -0.3 is 5.32 Å². The second kappa shape index (κ2) is 3.48. The summed E-state index contributed by atoms with van der Waals surface area (Å²) in [4.78, 5) is 12.9. The van der Waals surface area contributed by atoms with Crippen LogP contribution in [0.4, 0.5) is 10.1 Å². The number of amides is 1. The number of rotatable bonds is 0. The van der Waals surface area contributed by atoms with E-state index in [0.29, 0.717) is 5.69 Å². The van der Waals surface area contributed by atoms with Crippen LogP contribution < -0.4 is 5.32 Å². The molecule has 84 valence electrons. The molecule has 16 heavy (non-hydrogen) atoms. The van der Waals surface area contributed by atoms with Crippen LogP contribution in [-0.4, -0.2) is 10.7 Å². The number of carbonyl (C=O) groups excluding carboxylic acids is 1. The van der Waals surface area contributed by atoms with Crippen LogP contribution in [0.15, 0.2) is 23.1 Å². The molecule has 1 amide bonds. The lowest BCUT2D eigenvalue weighted by Gasteiger charge is -2.32. The third-order valence-electron chi connectivity index (χ3n) is 3.34. The maximum absolute atomic E-state index is 13.5. The van der Waals surface area contributed by atoms with Gasteiger partial charge in [0, 0.05) is 4.90 Å². The molecule has 4 heteroatoms. The lowest BCUT2D eigenvalue weighted by molar-refractivity contribution is -0.118. The van der Waals surface area contributed by atoms with Gasteiger partial charge in [0.1, 0.15) is 5.82 Å². The molecule has 1 aromatic rings. The Balaban J connectivity index is 2.05. The Bertz CT molecular complexity index is 454. The van der Waals surface area contributed by atoms with E-state index in [1.54, 1.807) is 6.07 Å². The number of hydrogen-bond donors (Lipinski definition) is 1. The minimum Gasteiger partial charge on any atom is -0.321 e. The van der Waals surface area contributed by atoms with E-state index in [1.807, 2.05) is 6.07 Å². The number of benzene rings is 1. The minimum absolute atomic E-state index is 0.0207. The van der Waals surface area contributed by atoms with Crippen molar-refractivity contribution >= 4 is 23.4 Å². The van der Waals surface area contributed by atoms with Crippen molar-refractivity contribution in [3.8, 4) is 0 Å². The van der Waals surface area contributed by atoms with Gasteiger partial charge in [-0.2, -0.15) is 0 Å². The Hall–Kier alpha value is -1.03. The summed E-state index contributed by atoms with van der Waals surface area (Å²) in [6.45, 7) is 0. The zero-order valence-corrected chi connectivity index (χ0v) is 9.57. The summed E-state index contributed by atoms with van der Waals surface area (Å²) in [6, 6.07) is 4.95. The number of halogens is 1. The predicted molar refractivity (Wildman–Crippen MR) is 62.1 cm³/mol. The largest absolute Gasteiger partial charge is 0.321 e. The number of hydrogen-bond acceptors (Lipinski definition) is 2. The molecule has 1 aliphatic carbocycles. The van der Waals surface area contributed by atoms with Gasteiger partial charge in [-0.25, -0.2) is 4.39 Å². The van der Waals surface area contributed by atoms with Gasteiger partial charge in [-0.15, -0.1) is 11.8 Å². The van der Waals surface area contributed by atoms with Crippen molar-refractivity contribution in [1.29, 1.82) is 0 Å². The highest BCUT2D eigenvalue weighted by Gasteiger charge is 2.45. The lowest BCUT2D eigenvalue weighted by atomic mass is 10.1. The third-order valence-corrected chi connectivity index (χ3v) is 4.89. The first kappa shape index (κ1) is 10.1. The molecule has 1 fully saturated rings. The SMILES string of the molecule is O=C1Nc2c(F)cccc2SC12CCCC2. The van der Waals surface area contributed by atoms with Gasteiger partial charge in [0.15, 0.2) is 0 Å². The molecule has 0 aromatic heterocycles. The molecule has 0 radical (unpaired) electrons. The second-order valence-electron chi connectivity index (χ2n) is 4.37. The molecule has 0 atom stereocenters. The monoisotopic (exact) mass is 237 g/mol. The van der Waals surface area contributed by atoms with Gasteiger partial charge in [-0.1, -0.05) is 18.9 Å². The van der Waals surface area contributed by atoms with Crippen LogP contribution in [0.5, 0.6) is 0 Å². The molecule has 3 rings (SSSR count). The van der Waals surface area contributed by atoms with Crippen molar-refractivity contribution in [3.05, 3.63) is 24.0 Å². The standard InChI is InChI=1S/C12H12FNOS/c13-8-4-3-5-9-10(8)14-11(15)12(16-9)6-1-2-7-12/h3-5H,1-2,6-7H2,(H,14,15). The van der Waals surface area contributed by atoms with Gasteiger partial charge in [-0.05, 0) is 25.0 Å². The number of para-hydroxylation sites is 1. The van der Waals surface area contributed by atoms with Gasteiger partial charge in [0.2, 0.25) is 5.91 Å². The van der Waals surface area contributed by atoms with Crippen LogP contribution in [0.2, 0.25) is 0 Å². The maximum Gasteiger partial charge on any atom is 0.241 e. The summed E-state index contributed by atoms with van der Waals surface area (Å²) in [5.41, 5.74) is 0.357. The molecular weight excluding hydrogens is 225 g/mol. The van der Waals surface area contributed by atoms with Crippen molar-refractivity contribution in [2.24, 2.45) is 0 Å². The molecule has 2 aliphatic rings. The van der Waals surface area contributed by atoms with Crippen LogP contribution in [-0.2, 0) is 4.79 Å². The first-order valence-corrected chi connectivity index (χ1v) is 6.32. The van der Waals surface area contributed by atoms with Crippen molar-refractivity contribution < 1.29 is 9.18 Å². The van der Waals surface area contributed by atoms with E-state index in [1.165, 1.54) is 17.8 Å². The number of anilines is 1. The summed E-state index contributed by atoms with van der Waals surface area (Å²) in [7, 11) is 0. The topological polar surface area (TPSA) is 29.1 Å². The molecule has 1 heterocycles. The summed E-state index contributed by atoms with van der Waals surface area (Å²) in [5.74, 6) is -0.362. The minimum atomic E-state index is -0.341. The van der Waals surface area contributed by atoms with Crippen LogP contribution in [0.1, 0.15) is 25.7 Å². The predicted octanol–water partition coefficient (Wildman–Crippen LogP) is 3.18. The average Bonchev–Trinajstić information content (AvgIpc) is 2.71. The van der Waals surface area contributed by atoms with Gasteiger partial charge in [0.05, 0.1) is 10.4 Å². The second-order valence-corrected chi connectivity index (χ2v) is 5.80. The fraction of sp³-hybridized carbons (Fsp3) is 0.417. The highest BCUT2D eigenvalue weighted by Crippen LogP contribution is 2.51. The molecule has 1 aromatic carbocycles. The van der Waals surface area contributed by atoms with E-state index in [2.05, 4.69) is 5.32 Å². The molecular formula is C12H12FNOS. The Kier molecular flexibility index (Phi) is 2.21. The van der Waals surface area contributed by atoms with E-state index in [0.717, 1.165) is 30.6 Å². The third kappa shape index (κ3) is 1.36. The summed E-state index contributed by atoms with van der Waals surface area (Å²) >= 11 is 1.54. The van der Waals surface area contributed by atoms with Crippen LogP contribution in [0.3, 0.4) is 0 Å². The quantitative estimate of drug-likeness (QED) is 0.750. The fourth-order valence-corrected chi connectivity index (χ4v) is 3.92. The Morgan fingerprint density at radius 3 is 2.81 bits per heavy atom. The van der Waals surface area contributed by atoms with Gasteiger partial charge >= 0.3 is 0 Å². The Morgan fingerprint density at radius 2 is 2.06 bits per heavy atom. The van der Waals surface area contributed by atoms with E-state index in [-0.39, 0.29) is 16.5 Å².